The van der Waals surface area contributed by atoms with Crippen molar-refractivity contribution in [2.75, 3.05) is 32.1 Å². The summed E-state index contributed by atoms with van der Waals surface area (Å²) in [7, 11) is 1.87. The largest absolute Gasteiger partial charge is 0.388 e. The van der Waals surface area contributed by atoms with Gasteiger partial charge in [0.1, 0.15) is 6.10 Å². The highest BCUT2D eigenvalue weighted by molar-refractivity contribution is 5.91. The molecule has 1 aliphatic rings. The Kier molecular flexibility index (Phi) is 5.56. The summed E-state index contributed by atoms with van der Waals surface area (Å²) in [6.07, 6.45) is 0.542. The molecule has 0 saturated carbocycles. The Balaban J connectivity index is 1.72. The van der Waals surface area contributed by atoms with Crippen LogP contribution >= 0.6 is 0 Å². The number of hydrogen-bond donors (Lipinski definition) is 1. The van der Waals surface area contributed by atoms with Gasteiger partial charge in [-0.1, -0.05) is 19.0 Å². The molecular weight excluding hydrogens is 332 g/mol. The summed E-state index contributed by atoms with van der Waals surface area (Å²) in [5, 5.41) is 7.14. The van der Waals surface area contributed by atoms with Gasteiger partial charge in [-0.25, -0.2) is 0 Å². The molecule has 1 aliphatic heterocycles. The second-order valence-electron chi connectivity index (χ2n) is 7.06. The second-order valence-corrected chi connectivity index (χ2v) is 7.06. The van der Waals surface area contributed by atoms with Crippen LogP contribution in [0.1, 0.15) is 47.6 Å². The van der Waals surface area contributed by atoms with Crippen LogP contribution < -0.4 is 5.32 Å². The zero-order chi connectivity index (χ0) is 18.7. The van der Waals surface area contributed by atoms with E-state index in [0.29, 0.717) is 25.6 Å². The predicted molar refractivity (Wildman–Crippen MR) is 98.2 cm³/mol. The molecule has 3 rings (SSSR count). The molecule has 1 saturated heterocycles. The van der Waals surface area contributed by atoms with E-state index in [-0.39, 0.29) is 17.8 Å². The number of aromatic nitrogens is 2. The number of ether oxygens (including phenoxy) is 1. The smallest absolute Gasteiger partial charge is 0.292 e. The van der Waals surface area contributed by atoms with Gasteiger partial charge in [0.05, 0.1) is 24.5 Å². The SMILES string of the molecule is CNc1cc(C)nc([C@H]2CN(C(=O)c3cc(CC(C)C)no3)CCO2)c1. The van der Waals surface area contributed by atoms with Gasteiger partial charge < -0.3 is 19.5 Å². The van der Waals surface area contributed by atoms with Crippen LogP contribution in [0.5, 0.6) is 0 Å². The lowest BCUT2D eigenvalue weighted by Crippen LogP contribution is -2.42. The molecule has 1 fully saturated rings. The van der Waals surface area contributed by atoms with E-state index in [4.69, 9.17) is 9.26 Å². The maximum Gasteiger partial charge on any atom is 0.292 e. The molecule has 0 spiro atoms. The van der Waals surface area contributed by atoms with Crippen LogP contribution in [-0.4, -0.2) is 47.7 Å². The van der Waals surface area contributed by atoms with Gasteiger partial charge in [0.25, 0.3) is 5.91 Å². The zero-order valence-corrected chi connectivity index (χ0v) is 15.8. The summed E-state index contributed by atoms with van der Waals surface area (Å²) in [5.41, 5.74) is 3.53. The molecule has 7 nitrogen and oxygen atoms in total. The molecule has 7 heteroatoms. The van der Waals surface area contributed by atoms with Crippen molar-refractivity contribution in [1.29, 1.82) is 0 Å². The van der Waals surface area contributed by atoms with E-state index < -0.39 is 0 Å². The molecule has 1 atom stereocenters. The Bertz CT molecular complexity index is 772. The van der Waals surface area contributed by atoms with E-state index in [1.807, 2.05) is 26.1 Å². The fourth-order valence-electron chi connectivity index (χ4n) is 3.10. The lowest BCUT2D eigenvalue weighted by molar-refractivity contribution is -0.0259. The molecular formula is C19H26N4O3. The molecule has 2 aromatic rings. The average Bonchev–Trinajstić information content (AvgIpc) is 3.08. The normalized spacial score (nSPS) is 17.6. The molecule has 1 N–H and O–H groups in total. The lowest BCUT2D eigenvalue weighted by Gasteiger charge is -2.32. The van der Waals surface area contributed by atoms with Gasteiger partial charge in [-0.2, -0.15) is 0 Å². The van der Waals surface area contributed by atoms with Crippen molar-refractivity contribution in [2.24, 2.45) is 5.92 Å². The molecule has 0 unspecified atom stereocenters. The third-order valence-corrected chi connectivity index (χ3v) is 4.33. The van der Waals surface area contributed by atoms with E-state index in [9.17, 15) is 4.79 Å². The Morgan fingerprint density at radius 3 is 2.92 bits per heavy atom. The van der Waals surface area contributed by atoms with E-state index in [1.165, 1.54) is 0 Å². The number of nitrogens with one attached hydrogen (secondary N) is 1. The molecule has 0 bridgehead atoms. The van der Waals surface area contributed by atoms with Gasteiger partial charge in [0.2, 0.25) is 5.76 Å². The Hall–Kier alpha value is -2.41. The number of pyridine rings is 1. The minimum Gasteiger partial charge on any atom is -0.388 e. The van der Waals surface area contributed by atoms with E-state index >= 15 is 0 Å². The fourth-order valence-corrected chi connectivity index (χ4v) is 3.10. The van der Waals surface area contributed by atoms with Gasteiger partial charge in [-0.05, 0) is 31.4 Å². The summed E-state index contributed by atoms with van der Waals surface area (Å²) in [6.45, 7) is 7.60. The molecule has 140 valence electrons. The number of carbonyl (C=O) groups is 1. The minimum absolute atomic E-state index is 0.151. The fraction of sp³-hybridized carbons (Fsp3) is 0.526. The number of anilines is 1. The quantitative estimate of drug-likeness (QED) is 0.885. The third kappa shape index (κ3) is 4.22. The first-order valence-electron chi connectivity index (χ1n) is 8.99. The molecule has 0 aromatic carbocycles. The Labute approximate surface area is 153 Å². The van der Waals surface area contributed by atoms with Gasteiger partial charge in [0, 0.05) is 31.0 Å². The summed E-state index contributed by atoms with van der Waals surface area (Å²) in [6, 6.07) is 5.68. The number of rotatable bonds is 5. The number of morpholine rings is 1. The van der Waals surface area contributed by atoms with Gasteiger partial charge in [-0.3, -0.25) is 9.78 Å². The van der Waals surface area contributed by atoms with Gasteiger partial charge >= 0.3 is 0 Å². The number of amides is 1. The zero-order valence-electron chi connectivity index (χ0n) is 15.8. The first kappa shape index (κ1) is 18.4. The van der Waals surface area contributed by atoms with Gasteiger partial charge in [0.15, 0.2) is 0 Å². The van der Waals surface area contributed by atoms with E-state index in [2.05, 4.69) is 29.3 Å². The van der Waals surface area contributed by atoms with Crippen LogP contribution in [0.3, 0.4) is 0 Å². The van der Waals surface area contributed by atoms with Crippen LogP contribution in [0.25, 0.3) is 0 Å². The molecule has 3 heterocycles. The Morgan fingerprint density at radius 2 is 2.19 bits per heavy atom. The average molecular weight is 358 g/mol. The summed E-state index contributed by atoms with van der Waals surface area (Å²) >= 11 is 0. The molecule has 2 aromatic heterocycles. The van der Waals surface area contributed by atoms with Crippen molar-refractivity contribution < 1.29 is 14.1 Å². The molecule has 1 amide bonds. The van der Waals surface area contributed by atoms with E-state index in [1.54, 1.807) is 11.0 Å². The topological polar surface area (TPSA) is 80.5 Å². The first-order valence-corrected chi connectivity index (χ1v) is 8.99. The maximum absolute atomic E-state index is 12.8. The van der Waals surface area contributed by atoms with Crippen LogP contribution in [0.2, 0.25) is 0 Å². The molecule has 26 heavy (non-hydrogen) atoms. The van der Waals surface area contributed by atoms with Crippen molar-refractivity contribution in [1.82, 2.24) is 15.0 Å². The van der Waals surface area contributed by atoms with Crippen LogP contribution in [0.4, 0.5) is 5.69 Å². The molecule has 0 radical (unpaired) electrons. The maximum atomic E-state index is 12.8. The number of aryl methyl sites for hydroxylation is 1. The highest BCUT2D eigenvalue weighted by Crippen LogP contribution is 2.25. The third-order valence-electron chi connectivity index (χ3n) is 4.33. The summed E-state index contributed by atoms with van der Waals surface area (Å²) in [4.78, 5) is 19.1. The monoisotopic (exact) mass is 358 g/mol. The van der Waals surface area contributed by atoms with Crippen LogP contribution in [0.15, 0.2) is 22.7 Å². The van der Waals surface area contributed by atoms with Crippen LogP contribution in [-0.2, 0) is 11.2 Å². The highest BCUT2D eigenvalue weighted by Gasteiger charge is 2.29. The van der Waals surface area contributed by atoms with Crippen molar-refractivity contribution in [3.8, 4) is 0 Å². The first-order chi connectivity index (χ1) is 12.5. The standard InChI is InChI=1S/C19H26N4O3/c1-12(2)7-15-10-17(26-22-15)19(24)23-5-6-25-18(11-23)16-9-14(20-4)8-13(3)21-16/h8-10,12,18H,5-7,11H2,1-4H3,(H,20,21)/t18-/m1/s1. The number of nitrogens with zero attached hydrogens (tertiary/aromatic N) is 3. The van der Waals surface area contributed by atoms with Gasteiger partial charge in [-0.15, -0.1) is 0 Å². The van der Waals surface area contributed by atoms with Crippen molar-refractivity contribution in [2.45, 2.75) is 33.3 Å². The molecule has 0 aliphatic carbocycles. The summed E-state index contributed by atoms with van der Waals surface area (Å²) in [5.74, 6) is 0.598. The minimum atomic E-state index is -0.252. The lowest BCUT2D eigenvalue weighted by atomic mass is 10.1. The van der Waals surface area contributed by atoms with Crippen molar-refractivity contribution in [3.05, 3.63) is 41.0 Å². The highest BCUT2D eigenvalue weighted by atomic mass is 16.5. The summed E-state index contributed by atoms with van der Waals surface area (Å²) < 4.78 is 11.1. The number of hydrogen-bond acceptors (Lipinski definition) is 6. The van der Waals surface area contributed by atoms with Crippen molar-refractivity contribution >= 4 is 11.6 Å². The van der Waals surface area contributed by atoms with Crippen molar-refractivity contribution in [3.63, 3.8) is 0 Å². The predicted octanol–water partition coefficient (Wildman–Crippen LogP) is 2.83. The van der Waals surface area contributed by atoms with E-state index in [0.717, 1.165) is 29.2 Å². The second kappa shape index (κ2) is 7.86. The Morgan fingerprint density at radius 1 is 1.38 bits per heavy atom. The number of carbonyl (C=O) groups excluding carboxylic acids is 1. The van der Waals surface area contributed by atoms with Crippen LogP contribution in [0, 0.1) is 12.8 Å².